The summed E-state index contributed by atoms with van der Waals surface area (Å²) in [5, 5.41) is 9.06. The van der Waals surface area contributed by atoms with E-state index in [0.717, 1.165) is 25.7 Å². The van der Waals surface area contributed by atoms with Gasteiger partial charge in [-0.3, -0.25) is 9.59 Å². The van der Waals surface area contributed by atoms with Gasteiger partial charge in [0.25, 0.3) is 0 Å². The highest BCUT2D eigenvalue weighted by Crippen LogP contribution is 2.56. The monoisotopic (exact) mass is 446 g/mol. The molecule has 0 bridgehead atoms. The Morgan fingerprint density at radius 2 is 1.94 bits per heavy atom. The van der Waals surface area contributed by atoms with Gasteiger partial charge >= 0.3 is 11.9 Å². The van der Waals surface area contributed by atoms with Crippen molar-refractivity contribution >= 4 is 11.9 Å². The third-order valence-corrected chi connectivity index (χ3v) is 7.93. The molecule has 0 aromatic carbocycles. The molecule has 0 spiro atoms. The maximum Gasteiger partial charge on any atom is 0.306 e. The van der Waals surface area contributed by atoms with Crippen LogP contribution in [0.5, 0.6) is 0 Å². The van der Waals surface area contributed by atoms with E-state index in [1.54, 1.807) is 5.57 Å². The van der Waals surface area contributed by atoms with Crippen LogP contribution in [0.25, 0.3) is 0 Å². The zero-order valence-corrected chi connectivity index (χ0v) is 21.4. The van der Waals surface area contributed by atoms with E-state index in [1.807, 2.05) is 13.8 Å². The molecule has 32 heavy (non-hydrogen) atoms. The molecule has 0 aromatic rings. The first-order valence-corrected chi connectivity index (χ1v) is 12.5. The highest BCUT2D eigenvalue weighted by Gasteiger charge is 2.45. The molecule has 1 N–H and O–H groups in total. The Kier molecular flexibility index (Phi) is 8.45. The topological polar surface area (TPSA) is 63.6 Å². The van der Waals surface area contributed by atoms with Gasteiger partial charge in [0, 0.05) is 5.41 Å². The van der Waals surface area contributed by atoms with Gasteiger partial charge in [0.2, 0.25) is 0 Å². The predicted molar refractivity (Wildman–Crippen MR) is 130 cm³/mol. The normalized spacial score (nSPS) is 33.3. The lowest BCUT2D eigenvalue weighted by Crippen LogP contribution is -2.41. The minimum Gasteiger partial charge on any atom is -0.481 e. The summed E-state index contributed by atoms with van der Waals surface area (Å²) in [6.07, 6.45) is 13.8. The fourth-order valence-corrected chi connectivity index (χ4v) is 6.34. The van der Waals surface area contributed by atoms with Crippen LogP contribution in [0, 0.1) is 27.6 Å². The molecule has 0 saturated heterocycles. The van der Waals surface area contributed by atoms with Crippen LogP contribution in [0.2, 0.25) is 0 Å². The number of carboxylic acid groups (broad SMARTS) is 1. The summed E-state index contributed by atoms with van der Waals surface area (Å²) in [4.78, 5) is 23.5. The predicted octanol–water partition coefficient (Wildman–Crippen LogP) is 7.34. The summed E-state index contributed by atoms with van der Waals surface area (Å²) in [6.45, 7) is 17.4. The number of hydrogen-bond donors (Lipinski definition) is 1. The molecule has 0 aliphatic heterocycles. The van der Waals surface area contributed by atoms with E-state index < -0.39 is 11.4 Å². The number of allylic oxidation sites excluding steroid dienone is 3. The maximum absolute atomic E-state index is 12.5. The van der Waals surface area contributed by atoms with Crippen molar-refractivity contribution in [1.29, 1.82) is 0 Å². The standard InChI is InChI=1S/C28H46O4/c1-8-11-21-16-26(5,9-2)15-12-22(21)28(7)14-10-13-27(6,19-28)20-32-24(31)18-25(3,4)17-23(29)30/h9,12,21H,2,8,10-11,13-20H2,1,3-7H3,(H,29,30)/t21?,26-,27+,28+/m0/s1. The van der Waals surface area contributed by atoms with Crippen LogP contribution in [0.4, 0.5) is 0 Å². The first kappa shape index (κ1) is 26.7. The first-order valence-electron chi connectivity index (χ1n) is 12.5. The SMILES string of the molecule is C=C[C@@]1(C)CC=C([C@]2(C)CCC[C@@](C)(COC(=O)CC(C)(C)CC(=O)O)C2)C(CCC)C1. The summed E-state index contributed by atoms with van der Waals surface area (Å²) in [5.74, 6) is -0.566. The second-order valence-corrected chi connectivity index (χ2v) is 12.4. The third kappa shape index (κ3) is 6.96. The molecule has 4 nitrogen and oxygen atoms in total. The van der Waals surface area contributed by atoms with E-state index in [2.05, 4.69) is 46.4 Å². The van der Waals surface area contributed by atoms with E-state index in [9.17, 15) is 9.59 Å². The molecule has 1 unspecified atom stereocenters. The summed E-state index contributed by atoms with van der Waals surface area (Å²) in [5.41, 5.74) is 1.32. The minimum atomic E-state index is -0.882. The average molecular weight is 447 g/mol. The molecule has 0 aromatic heterocycles. The molecule has 2 aliphatic rings. The maximum atomic E-state index is 12.5. The molecule has 182 valence electrons. The smallest absolute Gasteiger partial charge is 0.306 e. The van der Waals surface area contributed by atoms with Crippen molar-refractivity contribution < 1.29 is 19.4 Å². The van der Waals surface area contributed by atoms with Crippen molar-refractivity contribution in [2.45, 2.75) is 106 Å². The van der Waals surface area contributed by atoms with Crippen LogP contribution in [0.1, 0.15) is 106 Å². The highest BCUT2D eigenvalue weighted by molar-refractivity contribution is 5.73. The average Bonchev–Trinajstić information content (AvgIpc) is 2.65. The summed E-state index contributed by atoms with van der Waals surface area (Å²) in [7, 11) is 0. The number of aliphatic carboxylic acids is 1. The van der Waals surface area contributed by atoms with Crippen LogP contribution in [-0.2, 0) is 14.3 Å². The van der Waals surface area contributed by atoms with Crippen molar-refractivity contribution in [2.75, 3.05) is 6.61 Å². The Labute approximate surface area is 195 Å². The van der Waals surface area contributed by atoms with Gasteiger partial charge in [-0.15, -0.1) is 6.58 Å². The van der Waals surface area contributed by atoms with Gasteiger partial charge < -0.3 is 9.84 Å². The lowest BCUT2D eigenvalue weighted by atomic mass is 9.55. The van der Waals surface area contributed by atoms with E-state index >= 15 is 0 Å². The van der Waals surface area contributed by atoms with Crippen molar-refractivity contribution in [1.82, 2.24) is 0 Å². The second-order valence-electron chi connectivity index (χ2n) is 12.4. The quantitative estimate of drug-likeness (QED) is 0.282. The molecule has 0 heterocycles. The van der Waals surface area contributed by atoms with E-state index in [0.29, 0.717) is 12.5 Å². The van der Waals surface area contributed by atoms with Gasteiger partial charge in [-0.05, 0) is 60.7 Å². The number of rotatable bonds is 10. The van der Waals surface area contributed by atoms with Gasteiger partial charge in [0.15, 0.2) is 0 Å². The molecule has 0 amide bonds. The summed E-state index contributed by atoms with van der Waals surface area (Å²) >= 11 is 0. The van der Waals surface area contributed by atoms with E-state index in [4.69, 9.17) is 9.84 Å². The van der Waals surface area contributed by atoms with Crippen LogP contribution in [0.15, 0.2) is 24.3 Å². The van der Waals surface area contributed by atoms with Crippen LogP contribution >= 0.6 is 0 Å². The lowest BCUT2D eigenvalue weighted by Gasteiger charge is -2.50. The van der Waals surface area contributed by atoms with Gasteiger partial charge in [0.05, 0.1) is 19.4 Å². The van der Waals surface area contributed by atoms with Crippen molar-refractivity contribution in [3.8, 4) is 0 Å². The Morgan fingerprint density at radius 1 is 1.25 bits per heavy atom. The van der Waals surface area contributed by atoms with E-state index in [1.165, 1.54) is 25.7 Å². The van der Waals surface area contributed by atoms with Gasteiger partial charge in [-0.1, -0.05) is 72.1 Å². The Hall–Kier alpha value is -1.58. The van der Waals surface area contributed by atoms with Crippen LogP contribution < -0.4 is 0 Å². The zero-order chi connectivity index (χ0) is 24.2. The lowest BCUT2D eigenvalue weighted by molar-refractivity contribution is -0.152. The second kappa shape index (κ2) is 10.1. The molecule has 4 atom stereocenters. The Morgan fingerprint density at radius 3 is 2.53 bits per heavy atom. The number of carbonyl (C=O) groups excluding carboxylic acids is 1. The summed E-state index contributed by atoms with van der Waals surface area (Å²) < 4.78 is 5.74. The zero-order valence-electron chi connectivity index (χ0n) is 21.4. The van der Waals surface area contributed by atoms with Crippen LogP contribution in [-0.4, -0.2) is 23.7 Å². The number of ether oxygens (including phenoxy) is 1. The number of esters is 1. The Balaban J connectivity index is 2.09. The molecular weight excluding hydrogens is 400 g/mol. The highest BCUT2D eigenvalue weighted by atomic mass is 16.5. The Bertz CT molecular complexity index is 736. The van der Waals surface area contributed by atoms with Gasteiger partial charge in [-0.25, -0.2) is 0 Å². The molecule has 4 heteroatoms. The molecule has 2 rings (SSSR count). The molecule has 1 fully saturated rings. The van der Waals surface area contributed by atoms with Crippen LogP contribution in [0.3, 0.4) is 0 Å². The molecule has 2 aliphatic carbocycles. The van der Waals surface area contributed by atoms with Crippen molar-refractivity contribution in [3.05, 3.63) is 24.3 Å². The third-order valence-electron chi connectivity index (χ3n) is 7.93. The van der Waals surface area contributed by atoms with Crippen molar-refractivity contribution in [3.63, 3.8) is 0 Å². The van der Waals surface area contributed by atoms with Gasteiger partial charge in [0.1, 0.15) is 0 Å². The summed E-state index contributed by atoms with van der Waals surface area (Å²) in [6, 6.07) is 0. The molecule has 0 radical (unpaired) electrons. The number of carbonyl (C=O) groups is 2. The fourth-order valence-electron chi connectivity index (χ4n) is 6.34. The number of hydrogen-bond acceptors (Lipinski definition) is 3. The number of carboxylic acids is 1. The minimum absolute atomic E-state index is 0.0337. The fraction of sp³-hybridized carbons (Fsp3) is 0.786. The van der Waals surface area contributed by atoms with Crippen molar-refractivity contribution in [2.24, 2.45) is 27.6 Å². The molecular formula is C28H46O4. The van der Waals surface area contributed by atoms with Gasteiger partial charge in [-0.2, -0.15) is 0 Å². The first-order chi connectivity index (χ1) is 14.8. The molecule has 1 saturated carbocycles. The van der Waals surface area contributed by atoms with E-state index in [-0.39, 0.29) is 35.1 Å². The largest absolute Gasteiger partial charge is 0.481 e.